The molecule has 1 N–H and O–H groups in total. The molecule has 3 atom stereocenters. The van der Waals surface area contributed by atoms with Gasteiger partial charge in [0.2, 0.25) is 0 Å². The summed E-state index contributed by atoms with van der Waals surface area (Å²) in [5, 5.41) is 9.07. The Kier molecular flexibility index (Phi) is 6.56. The summed E-state index contributed by atoms with van der Waals surface area (Å²) in [5.41, 5.74) is 1.22. The molecule has 1 aromatic heterocycles. The van der Waals surface area contributed by atoms with Crippen molar-refractivity contribution in [3.63, 3.8) is 0 Å². The van der Waals surface area contributed by atoms with E-state index in [-0.39, 0.29) is 0 Å². The van der Waals surface area contributed by atoms with Gasteiger partial charge in [0.1, 0.15) is 0 Å². The van der Waals surface area contributed by atoms with Crippen molar-refractivity contribution < 1.29 is 0 Å². The van der Waals surface area contributed by atoms with Gasteiger partial charge in [0.15, 0.2) is 0 Å². The summed E-state index contributed by atoms with van der Waals surface area (Å²) >= 11 is 6.48. The zero-order chi connectivity index (χ0) is 15.2. The maximum absolute atomic E-state index is 6.48. The van der Waals surface area contributed by atoms with Gasteiger partial charge in [0, 0.05) is 6.54 Å². The predicted molar refractivity (Wildman–Crippen MR) is 89.7 cm³/mol. The minimum atomic E-state index is 0.364. The van der Waals surface area contributed by atoms with Crippen LogP contribution in [0, 0.1) is 11.8 Å². The first-order valence-corrected chi connectivity index (χ1v) is 9.03. The maximum atomic E-state index is 6.48. The first kappa shape index (κ1) is 16.8. The van der Waals surface area contributed by atoms with E-state index in [0.29, 0.717) is 12.0 Å². The van der Waals surface area contributed by atoms with Crippen LogP contribution in [-0.2, 0) is 6.54 Å². The lowest BCUT2D eigenvalue weighted by Crippen LogP contribution is -2.30. The summed E-state index contributed by atoms with van der Waals surface area (Å²) < 4.78 is 2.12. The molecule has 21 heavy (non-hydrogen) atoms. The Morgan fingerprint density at radius 2 is 2.14 bits per heavy atom. The van der Waals surface area contributed by atoms with Crippen molar-refractivity contribution in [3.8, 4) is 0 Å². The smallest absolute Gasteiger partial charge is 0.0834 e. The topological polar surface area (TPSA) is 29.9 Å². The van der Waals surface area contributed by atoms with E-state index in [1.165, 1.54) is 31.4 Å². The molecule has 0 radical (unpaired) electrons. The summed E-state index contributed by atoms with van der Waals surface area (Å²) in [6.07, 6.45) is 9.37. The van der Waals surface area contributed by atoms with Crippen LogP contribution in [-0.4, -0.2) is 16.3 Å². The van der Waals surface area contributed by atoms with Crippen LogP contribution >= 0.6 is 11.6 Å². The Bertz CT molecular complexity index is 430. The average Bonchev–Trinajstić information content (AvgIpc) is 3.09. The first-order valence-electron chi connectivity index (χ1n) is 8.65. The van der Waals surface area contributed by atoms with Gasteiger partial charge in [-0.15, -0.1) is 0 Å². The van der Waals surface area contributed by atoms with Crippen LogP contribution in [0.15, 0.2) is 6.20 Å². The second kappa shape index (κ2) is 8.19. The number of nitrogens with zero attached hydrogens (tertiary/aromatic N) is 2. The van der Waals surface area contributed by atoms with Crippen molar-refractivity contribution in [2.75, 3.05) is 6.54 Å². The molecule has 3 unspecified atom stereocenters. The van der Waals surface area contributed by atoms with Gasteiger partial charge >= 0.3 is 0 Å². The molecule has 1 aliphatic carbocycles. The number of nitrogens with one attached hydrogen (secondary N) is 1. The van der Waals surface area contributed by atoms with Gasteiger partial charge in [-0.3, -0.25) is 4.68 Å². The Morgan fingerprint density at radius 3 is 2.76 bits per heavy atom. The normalized spacial score (nSPS) is 23.6. The Balaban J connectivity index is 2.21. The van der Waals surface area contributed by atoms with Crippen LogP contribution in [0.25, 0.3) is 0 Å². The van der Waals surface area contributed by atoms with Crippen LogP contribution in [0.1, 0.15) is 71.0 Å². The molecule has 1 fully saturated rings. The fourth-order valence-corrected chi connectivity index (χ4v) is 3.90. The second-order valence-electron chi connectivity index (χ2n) is 6.38. The molecule has 1 aromatic rings. The van der Waals surface area contributed by atoms with E-state index in [1.54, 1.807) is 0 Å². The Labute approximate surface area is 134 Å². The molecule has 0 amide bonds. The predicted octanol–water partition coefficient (Wildman–Crippen LogP) is 4.81. The highest BCUT2D eigenvalue weighted by Crippen LogP contribution is 2.42. The monoisotopic (exact) mass is 311 g/mol. The third-order valence-corrected chi connectivity index (χ3v) is 5.10. The van der Waals surface area contributed by atoms with E-state index in [2.05, 4.69) is 35.9 Å². The fourth-order valence-electron chi connectivity index (χ4n) is 3.64. The quantitative estimate of drug-likeness (QED) is 0.746. The number of hydrogen-bond donors (Lipinski definition) is 1. The van der Waals surface area contributed by atoms with Crippen LogP contribution in [0.2, 0.25) is 5.02 Å². The second-order valence-corrected chi connectivity index (χ2v) is 6.79. The van der Waals surface area contributed by atoms with Crippen molar-refractivity contribution in [1.29, 1.82) is 0 Å². The summed E-state index contributed by atoms with van der Waals surface area (Å²) in [6.45, 7) is 8.73. The fraction of sp³-hybridized carbons (Fsp3) is 0.824. The number of rotatable bonds is 8. The molecule has 1 heterocycles. The standard InChI is InChI=1S/C17H30ClN3/c1-4-9-19-16(14-8-7-13(6-3)11-14)17-15(18)12-20-21(17)10-5-2/h12-14,16,19H,4-11H2,1-3H3. The van der Waals surface area contributed by atoms with E-state index < -0.39 is 0 Å². The van der Waals surface area contributed by atoms with Crippen molar-refractivity contribution in [3.05, 3.63) is 16.9 Å². The lowest BCUT2D eigenvalue weighted by Gasteiger charge is -2.26. The van der Waals surface area contributed by atoms with E-state index >= 15 is 0 Å². The van der Waals surface area contributed by atoms with Gasteiger partial charge in [-0.1, -0.05) is 45.2 Å². The van der Waals surface area contributed by atoms with Crippen LogP contribution in [0.3, 0.4) is 0 Å². The lowest BCUT2D eigenvalue weighted by molar-refractivity contribution is 0.333. The molecule has 0 bridgehead atoms. The average molecular weight is 312 g/mol. The van der Waals surface area contributed by atoms with E-state index in [4.69, 9.17) is 11.6 Å². The van der Waals surface area contributed by atoms with E-state index in [9.17, 15) is 0 Å². The zero-order valence-electron chi connectivity index (χ0n) is 13.7. The van der Waals surface area contributed by atoms with Crippen LogP contribution < -0.4 is 5.32 Å². The van der Waals surface area contributed by atoms with Crippen molar-refractivity contribution in [1.82, 2.24) is 15.1 Å². The number of aryl methyl sites for hydroxylation is 1. The molecule has 1 saturated carbocycles. The molecule has 0 saturated heterocycles. The molecule has 3 nitrogen and oxygen atoms in total. The SMILES string of the molecule is CCCNC(c1c(Cl)cnn1CCC)C1CCC(CC)C1. The number of aromatic nitrogens is 2. The summed E-state index contributed by atoms with van der Waals surface area (Å²) in [5.74, 6) is 1.59. The molecular weight excluding hydrogens is 282 g/mol. The highest BCUT2D eigenvalue weighted by Gasteiger charge is 2.33. The van der Waals surface area contributed by atoms with E-state index in [0.717, 1.165) is 36.9 Å². The highest BCUT2D eigenvalue weighted by molar-refractivity contribution is 6.31. The van der Waals surface area contributed by atoms with E-state index in [1.807, 2.05) is 6.20 Å². The summed E-state index contributed by atoms with van der Waals surface area (Å²) in [7, 11) is 0. The zero-order valence-corrected chi connectivity index (χ0v) is 14.5. The number of halogens is 1. The molecule has 0 spiro atoms. The highest BCUT2D eigenvalue weighted by atomic mass is 35.5. The van der Waals surface area contributed by atoms with Gasteiger partial charge in [0.05, 0.1) is 23.0 Å². The third kappa shape index (κ3) is 4.01. The molecule has 1 aliphatic rings. The molecule has 0 aliphatic heterocycles. The van der Waals surface area contributed by atoms with Crippen molar-refractivity contribution in [2.45, 2.75) is 71.9 Å². The largest absolute Gasteiger partial charge is 0.308 e. The minimum absolute atomic E-state index is 0.364. The maximum Gasteiger partial charge on any atom is 0.0834 e. The number of hydrogen-bond acceptors (Lipinski definition) is 2. The summed E-state index contributed by atoms with van der Waals surface area (Å²) in [6, 6.07) is 0.364. The molecule has 4 heteroatoms. The van der Waals surface area contributed by atoms with Gasteiger partial charge in [-0.25, -0.2) is 0 Å². The van der Waals surface area contributed by atoms with Gasteiger partial charge in [-0.2, -0.15) is 5.10 Å². The Hall–Kier alpha value is -0.540. The molecule has 120 valence electrons. The minimum Gasteiger partial charge on any atom is -0.308 e. The van der Waals surface area contributed by atoms with Crippen LogP contribution in [0.5, 0.6) is 0 Å². The third-order valence-electron chi connectivity index (χ3n) is 4.81. The van der Waals surface area contributed by atoms with Gasteiger partial charge in [-0.05, 0) is 44.1 Å². The Morgan fingerprint density at radius 1 is 1.33 bits per heavy atom. The van der Waals surface area contributed by atoms with Gasteiger partial charge < -0.3 is 5.32 Å². The lowest BCUT2D eigenvalue weighted by atomic mass is 9.93. The van der Waals surface area contributed by atoms with Crippen molar-refractivity contribution >= 4 is 11.6 Å². The first-order chi connectivity index (χ1) is 10.2. The van der Waals surface area contributed by atoms with Crippen molar-refractivity contribution in [2.24, 2.45) is 11.8 Å². The molecule has 2 rings (SSSR count). The van der Waals surface area contributed by atoms with Crippen LogP contribution in [0.4, 0.5) is 0 Å². The summed E-state index contributed by atoms with van der Waals surface area (Å²) in [4.78, 5) is 0. The molecule has 0 aromatic carbocycles. The van der Waals surface area contributed by atoms with Gasteiger partial charge in [0.25, 0.3) is 0 Å². The molecular formula is C17H30ClN3.